The molecule has 0 aliphatic rings. The number of rotatable bonds is 9. The molecular formula is C24H27ClN4O2. The third kappa shape index (κ3) is 6.69. The number of imidazole rings is 1. The molecular weight excluding hydrogens is 412 g/mol. The topological polar surface area (TPSA) is 76.0 Å². The van der Waals surface area contributed by atoms with E-state index in [0.29, 0.717) is 42.4 Å². The van der Waals surface area contributed by atoms with Crippen molar-refractivity contribution in [3.63, 3.8) is 0 Å². The van der Waals surface area contributed by atoms with Gasteiger partial charge in [-0.25, -0.2) is 4.98 Å². The Bertz CT molecular complexity index is 1030. The molecule has 2 amide bonds. The quantitative estimate of drug-likeness (QED) is 0.468. The number of hydrogen-bond donors (Lipinski definition) is 2. The van der Waals surface area contributed by atoms with Gasteiger partial charge in [-0.05, 0) is 48.4 Å². The highest BCUT2D eigenvalue weighted by Gasteiger charge is 2.09. The largest absolute Gasteiger partial charge is 0.352 e. The van der Waals surface area contributed by atoms with Crippen molar-refractivity contribution in [3.05, 3.63) is 82.9 Å². The molecule has 0 aliphatic carbocycles. The summed E-state index contributed by atoms with van der Waals surface area (Å²) >= 11 is 5.83. The average molecular weight is 439 g/mol. The summed E-state index contributed by atoms with van der Waals surface area (Å²) in [7, 11) is 0. The lowest BCUT2D eigenvalue weighted by atomic mass is 10.1. The number of nitrogens with one attached hydrogen (secondary N) is 2. The Hall–Kier alpha value is -3.12. The van der Waals surface area contributed by atoms with E-state index in [1.165, 1.54) is 0 Å². The van der Waals surface area contributed by atoms with Gasteiger partial charge >= 0.3 is 0 Å². The zero-order valence-electron chi connectivity index (χ0n) is 17.8. The van der Waals surface area contributed by atoms with E-state index in [0.717, 1.165) is 17.1 Å². The molecule has 1 aromatic heterocycles. The maximum absolute atomic E-state index is 12.3. The molecule has 0 fully saturated rings. The monoisotopic (exact) mass is 438 g/mol. The molecule has 0 saturated heterocycles. The van der Waals surface area contributed by atoms with Crippen molar-refractivity contribution >= 4 is 29.1 Å². The van der Waals surface area contributed by atoms with Gasteiger partial charge in [0, 0.05) is 54.1 Å². The Kier molecular flexibility index (Phi) is 7.84. The number of nitrogens with zero attached hydrogens (tertiary/aromatic N) is 2. The second-order valence-corrected chi connectivity index (χ2v) is 8.12. The molecule has 2 aromatic carbocycles. The van der Waals surface area contributed by atoms with Gasteiger partial charge in [0.15, 0.2) is 0 Å². The first kappa shape index (κ1) is 22.6. The fraction of sp³-hybridized carbons (Fsp3) is 0.292. The first-order chi connectivity index (χ1) is 14.9. The molecule has 0 saturated carbocycles. The van der Waals surface area contributed by atoms with Crippen LogP contribution in [0.2, 0.25) is 5.02 Å². The Morgan fingerprint density at radius 3 is 2.65 bits per heavy atom. The Balaban J connectivity index is 1.45. The average Bonchev–Trinajstić information content (AvgIpc) is 3.20. The lowest BCUT2D eigenvalue weighted by molar-refractivity contribution is -0.116. The minimum absolute atomic E-state index is 0.0802. The van der Waals surface area contributed by atoms with Crippen molar-refractivity contribution in [2.45, 2.75) is 39.2 Å². The molecule has 6 nitrogen and oxygen atoms in total. The number of benzene rings is 2. The Morgan fingerprint density at radius 2 is 1.90 bits per heavy atom. The predicted octanol–water partition coefficient (Wildman–Crippen LogP) is 4.86. The van der Waals surface area contributed by atoms with E-state index in [-0.39, 0.29) is 11.8 Å². The zero-order chi connectivity index (χ0) is 22.2. The van der Waals surface area contributed by atoms with Gasteiger partial charge in [0.25, 0.3) is 5.91 Å². The van der Waals surface area contributed by atoms with Gasteiger partial charge < -0.3 is 15.2 Å². The van der Waals surface area contributed by atoms with Gasteiger partial charge in [0.2, 0.25) is 5.91 Å². The van der Waals surface area contributed by atoms with E-state index in [1.807, 2.05) is 36.7 Å². The van der Waals surface area contributed by atoms with Crippen molar-refractivity contribution in [1.29, 1.82) is 0 Å². The van der Waals surface area contributed by atoms with E-state index in [4.69, 9.17) is 11.6 Å². The molecule has 0 aliphatic heterocycles. The zero-order valence-corrected chi connectivity index (χ0v) is 18.5. The predicted molar refractivity (Wildman–Crippen MR) is 124 cm³/mol. The SMILES string of the molecule is CC(C)c1nccn1Cc1cccc(NC(=O)CCCNC(=O)c2ccc(Cl)cc2)c1. The maximum Gasteiger partial charge on any atom is 0.251 e. The lowest BCUT2D eigenvalue weighted by Crippen LogP contribution is -2.25. The van der Waals surface area contributed by atoms with Gasteiger partial charge in [0.05, 0.1) is 0 Å². The van der Waals surface area contributed by atoms with Crippen LogP contribution in [-0.4, -0.2) is 27.9 Å². The van der Waals surface area contributed by atoms with E-state index in [2.05, 4.69) is 34.0 Å². The van der Waals surface area contributed by atoms with Crippen LogP contribution in [0.5, 0.6) is 0 Å². The van der Waals surface area contributed by atoms with Crippen LogP contribution in [0.3, 0.4) is 0 Å². The number of carbonyl (C=O) groups is 2. The van der Waals surface area contributed by atoms with Crippen molar-refractivity contribution in [2.24, 2.45) is 0 Å². The van der Waals surface area contributed by atoms with Crippen molar-refractivity contribution in [3.8, 4) is 0 Å². The van der Waals surface area contributed by atoms with Crippen LogP contribution in [0.25, 0.3) is 0 Å². The number of hydrogen-bond acceptors (Lipinski definition) is 3. The summed E-state index contributed by atoms with van der Waals surface area (Å²) in [4.78, 5) is 28.8. The molecule has 0 spiro atoms. The van der Waals surface area contributed by atoms with Gasteiger partial charge in [-0.3, -0.25) is 9.59 Å². The van der Waals surface area contributed by atoms with Crippen LogP contribution in [0, 0.1) is 0 Å². The molecule has 0 unspecified atom stereocenters. The summed E-state index contributed by atoms with van der Waals surface area (Å²) in [6.07, 6.45) is 4.66. The first-order valence-electron chi connectivity index (χ1n) is 10.4. The molecule has 3 rings (SSSR count). The summed E-state index contributed by atoms with van der Waals surface area (Å²) in [6.45, 7) is 5.36. The van der Waals surface area contributed by atoms with Crippen molar-refractivity contribution in [1.82, 2.24) is 14.9 Å². The van der Waals surface area contributed by atoms with E-state index < -0.39 is 0 Å². The summed E-state index contributed by atoms with van der Waals surface area (Å²) in [5.41, 5.74) is 2.40. The van der Waals surface area contributed by atoms with E-state index in [9.17, 15) is 9.59 Å². The van der Waals surface area contributed by atoms with Crippen molar-refractivity contribution in [2.75, 3.05) is 11.9 Å². The van der Waals surface area contributed by atoms with Crippen LogP contribution >= 0.6 is 11.6 Å². The van der Waals surface area contributed by atoms with Gasteiger partial charge in [-0.1, -0.05) is 37.6 Å². The summed E-state index contributed by atoms with van der Waals surface area (Å²) in [5.74, 6) is 1.13. The van der Waals surface area contributed by atoms with Crippen LogP contribution < -0.4 is 10.6 Å². The first-order valence-corrected chi connectivity index (χ1v) is 10.7. The van der Waals surface area contributed by atoms with Crippen molar-refractivity contribution < 1.29 is 9.59 Å². The third-order valence-electron chi connectivity index (χ3n) is 4.80. The normalized spacial score (nSPS) is 10.8. The minimum Gasteiger partial charge on any atom is -0.352 e. The number of halogens is 1. The molecule has 0 radical (unpaired) electrons. The molecule has 1 heterocycles. The summed E-state index contributed by atoms with van der Waals surface area (Å²) < 4.78 is 2.12. The Morgan fingerprint density at radius 1 is 1.13 bits per heavy atom. The van der Waals surface area contributed by atoms with Crippen LogP contribution in [0.4, 0.5) is 5.69 Å². The fourth-order valence-electron chi connectivity index (χ4n) is 3.28. The van der Waals surface area contributed by atoms with Gasteiger partial charge in [-0.15, -0.1) is 0 Å². The molecule has 7 heteroatoms. The van der Waals surface area contributed by atoms with Crippen LogP contribution in [0.15, 0.2) is 60.9 Å². The smallest absolute Gasteiger partial charge is 0.251 e. The summed E-state index contributed by atoms with van der Waals surface area (Å²) in [5, 5.41) is 6.34. The van der Waals surface area contributed by atoms with E-state index in [1.54, 1.807) is 24.3 Å². The second-order valence-electron chi connectivity index (χ2n) is 7.68. The molecule has 0 bridgehead atoms. The third-order valence-corrected chi connectivity index (χ3v) is 5.05. The number of amides is 2. The van der Waals surface area contributed by atoms with Gasteiger partial charge in [-0.2, -0.15) is 0 Å². The number of aromatic nitrogens is 2. The standard InChI is InChI=1S/C24H27ClN4O2/c1-17(2)23-26-13-14-29(23)16-18-5-3-6-21(15-18)28-22(30)7-4-12-27-24(31)19-8-10-20(25)11-9-19/h3,5-6,8-11,13-15,17H,4,7,12,16H2,1-2H3,(H,27,31)(H,28,30). The molecule has 2 N–H and O–H groups in total. The molecule has 162 valence electrons. The second kappa shape index (κ2) is 10.8. The molecule has 0 atom stereocenters. The lowest BCUT2D eigenvalue weighted by Gasteiger charge is -2.12. The highest BCUT2D eigenvalue weighted by Crippen LogP contribution is 2.17. The minimum atomic E-state index is -0.176. The summed E-state index contributed by atoms with van der Waals surface area (Å²) in [6, 6.07) is 14.5. The molecule has 3 aromatic rings. The highest BCUT2D eigenvalue weighted by molar-refractivity contribution is 6.30. The molecule has 31 heavy (non-hydrogen) atoms. The highest BCUT2D eigenvalue weighted by atomic mass is 35.5. The fourth-order valence-corrected chi connectivity index (χ4v) is 3.40. The Labute approximate surface area is 187 Å². The maximum atomic E-state index is 12.3. The van der Waals surface area contributed by atoms with E-state index >= 15 is 0 Å². The number of anilines is 1. The number of carbonyl (C=O) groups excluding carboxylic acids is 2. The van der Waals surface area contributed by atoms with Crippen LogP contribution in [0.1, 0.15) is 54.4 Å². The van der Waals surface area contributed by atoms with Crippen LogP contribution in [-0.2, 0) is 11.3 Å². The van der Waals surface area contributed by atoms with Gasteiger partial charge in [0.1, 0.15) is 5.82 Å².